The van der Waals surface area contributed by atoms with Crippen molar-refractivity contribution in [2.24, 2.45) is 16.6 Å². The van der Waals surface area contributed by atoms with Crippen molar-refractivity contribution in [3.8, 4) is 0 Å². The van der Waals surface area contributed by atoms with Crippen molar-refractivity contribution in [1.82, 2.24) is 4.90 Å². The van der Waals surface area contributed by atoms with Gasteiger partial charge in [-0.3, -0.25) is 0 Å². The smallest absolute Gasteiger partial charge is 0.191 e. The summed E-state index contributed by atoms with van der Waals surface area (Å²) in [6.07, 6.45) is 3.60. The molecule has 3 nitrogen and oxygen atoms in total. The summed E-state index contributed by atoms with van der Waals surface area (Å²) in [4.78, 5) is 6.97. The minimum absolute atomic E-state index is 0.385. The Morgan fingerprint density at radius 2 is 1.90 bits per heavy atom. The second-order valence-electron chi connectivity index (χ2n) is 6.12. The maximum Gasteiger partial charge on any atom is 0.191 e. The predicted octanol–water partition coefficient (Wildman–Crippen LogP) is 3.35. The zero-order valence-electron chi connectivity index (χ0n) is 11.9. The maximum atomic E-state index is 6.17. The van der Waals surface area contributed by atoms with Crippen LogP contribution in [0.2, 0.25) is 0 Å². The highest BCUT2D eigenvalue weighted by atomic mass is 79.9. The number of nitrogens with zero attached hydrogens (tertiary/aromatic N) is 2. The molecule has 4 heteroatoms. The van der Waals surface area contributed by atoms with Gasteiger partial charge in [-0.15, -0.1) is 0 Å². The third-order valence-electron chi connectivity index (χ3n) is 4.46. The molecular formula is C16H22BrN3. The van der Waals surface area contributed by atoms with Crippen LogP contribution in [0, 0.1) is 5.92 Å². The first kappa shape index (κ1) is 13.9. The number of aliphatic imine (C=N–C) groups is 1. The number of piperidine rings is 1. The summed E-state index contributed by atoms with van der Waals surface area (Å²) in [5.41, 5.74) is 7.54. The van der Waals surface area contributed by atoms with Crippen molar-refractivity contribution >= 4 is 21.9 Å². The second-order valence-corrected chi connectivity index (χ2v) is 7.03. The first-order valence-electron chi connectivity index (χ1n) is 7.47. The summed E-state index contributed by atoms with van der Waals surface area (Å²) in [5, 5.41) is 0. The molecule has 1 saturated carbocycles. The topological polar surface area (TPSA) is 41.6 Å². The van der Waals surface area contributed by atoms with E-state index in [0.29, 0.717) is 12.0 Å². The Morgan fingerprint density at radius 3 is 2.55 bits per heavy atom. The van der Waals surface area contributed by atoms with Gasteiger partial charge in [0.15, 0.2) is 5.96 Å². The first-order valence-corrected chi connectivity index (χ1v) is 8.26. The highest BCUT2D eigenvalue weighted by Crippen LogP contribution is 2.43. The molecule has 0 spiro atoms. The van der Waals surface area contributed by atoms with Gasteiger partial charge in [0, 0.05) is 23.5 Å². The monoisotopic (exact) mass is 335 g/mol. The summed E-state index contributed by atoms with van der Waals surface area (Å²) in [6, 6.07) is 8.95. The fourth-order valence-corrected chi connectivity index (χ4v) is 3.15. The molecular weight excluding hydrogens is 314 g/mol. The maximum absolute atomic E-state index is 6.17. The average Bonchev–Trinajstić information content (AvgIpc) is 3.19. The molecule has 108 valence electrons. The summed E-state index contributed by atoms with van der Waals surface area (Å²) in [6.45, 7) is 4.44. The molecule has 2 aliphatic rings. The van der Waals surface area contributed by atoms with E-state index in [0.717, 1.165) is 35.9 Å². The molecule has 1 heterocycles. The molecule has 0 bridgehead atoms. The summed E-state index contributed by atoms with van der Waals surface area (Å²) in [5.74, 6) is 2.14. The normalized spacial score (nSPS) is 27.7. The Morgan fingerprint density at radius 1 is 1.25 bits per heavy atom. The molecule has 1 aromatic carbocycles. The SMILES string of the molecule is CC1CCN(C(N)=NC2CC2c2ccc(Br)cc2)CC1. The largest absolute Gasteiger partial charge is 0.370 e. The van der Waals surface area contributed by atoms with Crippen molar-refractivity contribution in [2.45, 2.75) is 38.1 Å². The Kier molecular flexibility index (Phi) is 4.01. The lowest BCUT2D eigenvalue weighted by molar-refractivity contribution is 0.277. The van der Waals surface area contributed by atoms with Crippen LogP contribution in [-0.2, 0) is 0 Å². The van der Waals surface area contributed by atoms with E-state index in [4.69, 9.17) is 10.7 Å². The number of hydrogen-bond donors (Lipinski definition) is 1. The van der Waals surface area contributed by atoms with Crippen LogP contribution in [0.15, 0.2) is 33.7 Å². The molecule has 20 heavy (non-hydrogen) atoms. The molecule has 0 amide bonds. The molecule has 0 radical (unpaired) electrons. The van der Waals surface area contributed by atoms with Crippen LogP contribution in [0.3, 0.4) is 0 Å². The quantitative estimate of drug-likeness (QED) is 0.665. The molecule has 1 aliphatic heterocycles. The standard InChI is InChI=1S/C16H22BrN3/c1-11-6-8-20(9-7-11)16(18)19-15-10-14(15)12-2-4-13(17)5-3-12/h2-5,11,14-15H,6-10H2,1H3,(H2,18,19). The van der Waals surface area contributed by atoms with E-state index in [-0.39, 0.29) is 0 Å². The summed E-state index contributed by atoms with van der Waals surface area (Å²) in [7, 11) is 0. The molecule has 1 saturated heterocycles. The van der Waals surface area contributed by atoms with Gasteiger partial charge in [0.1, 0.15) is 0 Å². The number of halogens is 1. The Labute approximate surface area is 129 Å². The number of benzene rings is 1. The van der Waals surface area contributed by atoms with Crippen LogP contribution in [-0.4, -0.2) is 30.0 Å². The van der Waals surface area contributed by atoms with Crippen molar-refractivity contribution in [1.29, 1.82) is 0 Å². The highest BCUT2D eigenvalue weighted by Gasteiger charge is 2.38. The van der Waals surface area contributed by atoms with E-state index < -0.39 is 0 Å². The lowest BCUT2D eigenvalue weighted by Gasteiger charge is -2.31. The Bertz CT molecular complexity index is 489. The van der Waals surface area contributed by atoms with Crippen LogP contribution in [0.5, 0.6) is 0 Å². The lowest BCUT2D eigenvalue weighted by Crippen LogP contribution is -2.42. The van der Waals surface area contributed by atoms with E-state index in [1.807, 2.05) is 0 Å². The van der Waals surface area contributed by atoms with E-state index >= 15 is 0 Å². The number of rotatable bonds is 2. The van der Waals surface area contributed by atoms with Gasteiger partial charge in [-0.1, -0.05) is 35.0 Å². The van der Waals surface area contributed by atoms with Gasteiger partial charge in [0.05, 0.1) is 6.04 Å². The van der Waals surface area contributed by atoms with Crippen molar-refractivity contribution in [2.75, 3.05) is 13.1 Å². The number of likely N-dealkylation sites (tertiary alicyclic amines) is 1. The number of hydrogen-bond acceptors (Lipinski definition) is 1. The van der Waals surface area contributed by atoms with E-state index in [9.17, 15) is 0 Å². The van der Waals surface area contributed by atoms with Crippen LogP contribution in [0.1, 0.15) is 37.7 Å². The number of nitrogens with two attached hydrogens (primary N) is 1. The van der Waals surface area contributed by atoms with Gasteiger partial charge >= 0.3 is 0 Å². The van der Waals surface area contributed by atoms with Crippen LogP contribution in [0.25, 0.3) is 0 Å². The highest BCUT2D eigenvalue weighted by molar-refractivity contribution is 9.10. The fourth-order valence-electron chi connectivity index (χ4n) is 2.88. The zero-order chi connectivity index (χ0) is 14.1. The molecule has 0 aromatic heterocycles. The van der Waals surface area contributed by atoms with Gasteiger partial charge in [0.25, 0.3) is 0 Å². The molecule has 2 fully saturated rings. The van der Waals surface area contributed by atoms with E-state index in [2.05, 4.69) is 52.0 Å². The van der Waals surface area contributed by atoms with Gasteiger partial charge in [-0.25, -0.2) is 4.99 Å². The minimum Gasteiger partial charge on any atom is -0.370 e. The second kappa shape index (κ2) is 5.76. The molecule has 2 N–H and O–H groups in total. The third kappa shape index (κ3) is 3.17. The molecule has 3 rings (SSSR count). The van der Waals surface area contributed by atoms with Gasteiger partial charge in [0.2, 0.25) is 0 Å². The Hall–Kier alpha value is -1.03. The Balaban J connectivity index is 1.59. The van der Waals surface area contributed by atoms with E-state index in [1.165, 1.54) is 18.4 Å². The van der Waals surface area contributed by atoms with Crippen molar-refractivity contribution in [3.05, 3.63) is 34.3 Å². The number of guanidine groups is 1. The third-order valence-corrected chi connectivity index (χ3v) is 4.99. The predicted molar refractivity (Wildman–Crippen MR) is 86.9 cm³/mol. The van der Waals surface area contributed by atoms with Gasteiger partial charge in [-0.2, -0.15) is 0 Å². The van der Waals surface area contributed by atoms with E-state index in [1.54, 1.807) is 0 Å². The van der Waals surface area contributed by atoms with Crippen LogP contribution in [0.4, 0.5) is 0 Å². The molecule has 2 atom stereocenters. The molecule has 1 aliphatic carbocycles. The van der Waals surface area contributed by atoms with Crippen molar-refractivity contribution in [3.63, 3.8) is 0 Å². The van der Waals surface area contributed by atoms with Crippen molar-refractivity contribution < 1.29 is 0 Å². The minimum atomic E-state index is 0.385. The van der Waals surface area contributed by atoms with Crippen LogP contribution < -0.4 is 5.73 Å². The lowest BCUT2D eigenvalue weighted by atomic mass is 10.00. The van der Waals surface area contributed by atoms with Gasteiger partial charge in [-0.05, 0) is 42.9 Å². The molecule has 2 unspecified atom stereocenters. The summed E-state index contributed by atoms with van der Waals surface area (Å²) >= 11 is 3.47. The van der Waals surface area contributed by atoms with Gasteiger partial charge < -0.3 is 10.6 Å². The average molecular weight is 336 g/mol. The fraction of sp³-hybridized carbons (Fsp3) is 0.562. The molecule has 1 aromatic rings. The zero-order valence-corrected chi connectivity index (χ0v) is 13.5. The first-order chi connectivity index (χ1) is 9.63. The van der Waals surface area contributed by atoms with Crippen LogP contribution >= 0.6 is 15.9 Å². The summed E-state index contributed by atoms with van der Waals surface area (Å²) < 4.78 is 1.13.